The lowest BCUT2D eigenvalue weighted by Gasteiger charge is -2.35. The Morgan fingerprint density at radius 2 is 1.96 bits per heavy atom. The van der Waals surface area contributed by atoms with Crippen LogP contribution in [-0.4, -0.2) is 37.5 Å². The molecule has 10 heteroatoms. The summed E-state index contributed by atoms with van der Waals surface area (Å²) in [6.45, 7) is 4.36. The monoisotopic (exact) mass is 722 g/mol. The zero-order valence-electron chi connectivity index (χ0n) is 14.4. The van der Waals surface area contributed by atoms with E-state index in [9.17, 15) is 8.42 Å². The van der Waals surface area contributed by atoms with Gasteiger partial charge in [-0.1, -0.05) is 6.92 Å². The summed E-state index contributed by atoms with van der Waals surface area (Å²) in [5, 5.41) is 0. The van der Waals surface area contributed by atoms with Crippen molar-refractivity contribution < 1.29 is 27.2 Å². The van der Waals surface area contributed by atoms with Crippen LogP contribution in [0.5, 0.6) is 5.75 Å². The minimum Gasteiger partial charge on any atom is -0.491 e. The molecule has 1 aromatic carbocycles. The Labute approximate surface area is 195 Å². The molecule has 3 unspecified atom stereocenters. The molecule has 1 aromatic rings. The zero-order chi connectivity index (χ0) is 19.5. The second-order valence-electron chi connectivity index (χ2n) is 6.07. The lowest BCUT2D eigenvalue weighted by molar-refractivity contribution is -0.244. The summed E-state index contributed by atoms with van der Waals surface area (Å²) in [7, 11) is -3.97. The topological polar surface area (TPSA) is 82.1 Å². The second kappa shape index (κ2) is 10.2. The van der Waals surface area contributed by atoms with E-state index in [1.54, 1.807) is 0 Å². The summed E-state index contributed by atoms with van der Waals surface area (Å²) in [6.07, 6.45) is 1.86. The van der Waals surface area contributed by atoms with E-state index >= 15 is 0 Å². The van der Waals surface area contributed by atoms with Crippen LogP contribution >= 0.6 is 67.8 Å². The highest BCUT2D eigenvalue weighted by Gasteiger charge is 2.32. The van der Waals surface area contributed by atoms with Crippen LogP contribution in [0.2, 0.25) is 0 Å². The highest BCUT2D eigenvalue weighted by atomic mass is 127. The van der Waals surface area contributed by atoms with Crippen molar-refractivity contribution in [3.63, 3.8) is 0 Å². The Kier molecular flexibility index (Phi) is 9.13. The van der Waals surface area contributed by atoms with Gasteiger partial charge in [-0.2, -0.15) is 8.42 Å². The van der Waals surface area contributed by atoms with Crippen molar-refractivity contribution >= 4 is 77.9 Å². The molecule has 0 radical (unpaired) electrons. The van der Waals surface area contributed by atoms with Gasteiger partial charge < -0.3 is 14.2 Å². The average Bonchev–Trinajstić information content (AvgIpc) is 2.52. The Balaban J connectivity index is 2.22. The van der Waals surface area contributed by atoms with Crippen LogP contribution < -0.4 is 4.74 Å². The molecule has 0 aromatic heterocycles. The summed E-state index contributed by atoms with van der Waals surface area (Å²) in [5.74, 6) is 0.373. The van der Waals surface area contributed by atoms with Crippen LogP contribution in [0.3, 0.4) is 0 Å². The molecule has 6 nitrogen and oxygen atoms in total. The summed E-state index contributed by atoms with van der Waals surface area (Å²) >= 11 is 6.70. The molecule has 1 fully saturated rings. The minimum absolute atomic E-state index is 0.115. The van der Waals surface area contributed by atoms with E-state index in [2.05, 4.69) is 81.6 Å². The Hall–Kier alpha value is 1.04. The van der Waals surface area contributed by atoms with E-state index in [0.717, 1.165) is 29.1 Å². The number of hydrogen-bond acceptors (Lipinski definition) is 5. The van der Waals surface area contributed by atoms with Crippen molar-refractivity contribution in [2.75, 3.05) is 12.4 Å². The molecule has 0 aliphatic carbocycles. The van der Waals surface area contributed by atoms with Crippen LogP contribution in [0.1, 0.15) is 45.0 Å². The van der Waals surface area contributed by atoms with Gasteiger partial charge >= 0.3 is 0 Å². The Morgan fingerprint density at radius 1 is 1.27 bits per heavy atom. The molecule has 1 saturated heterocycles. The molecular formula is C16H21I3O6S. The molecule has 0 amide bonds. The average molecular weight is 722 g/mol. The van der Waals surface area contributed by atoms with Crippen molar-refractivity contribution in [2.24, 2.45) is 0 Å². The van der Waals surface area contributed by atoms with Gasteiger partial charge in [0.1, 0.15) is 5.75 Å². The van der Waals surface area contributed by atoms with Gasteiger partial charge in [-0.3, -0.25) is 4.55 Å². The van der Waals surface area contributed by atoms with Crippen molar-refractivity contribution in [1.82, 2.24) is 0 Å². The first kappa shape index (κ1) is 23.3. The highest BCUT2D eigenvalue weighted by Crippen LogP contribution is 2.41. The van der Waals surface area contributed by atoms with Crippen LogP contribution in [-0.2, 0) is 19.6 Å². The molecular weight excluding hydrogens is 701 g/mol. The normalized spacial score (nSPS) is 23.8. The standard InChI is InChI=1S/C16H21I3O6S/c1-3-10-7-9(2)24-16(25-10)13-11(17)8-12(18)15(14(13)19)23-5-4-6-26(20,21)22/h8-10,16H,3-7H2,1-2H3,(H,20,21,22). The molecule has 3 atom stereocenters. The maximum absolute atomic E-state index is 10.8. The van der Waals surface area contributed by atoms with E-state index in [1.165, 1.54) is 0 Å². The maximum atomic E-state index is 10.8. The third kappa shape index (κ3) is 6.54. The second-order valence-corrected chi connectivity index (χ2v) is 11.0. The molecule has 0 bridgehead atoms. The van der Waals surface area contributed by atoms with Crippen LogP contribution in [0.4, 0.5) is 0 Å². The van der Waals surface area contributed by atoms with Crippen molar-refractivity contribution in [3.8, 4) is 5.75 Å². The van der Waals surface area contributed by atoms with Gasteiger partial charge in [0.05, 0.1) is 31.7 Å². The Bertz CT molecular complexity index is 740. The molecule has 1 N–H and O–H groups in total. The summed E-state index contributed by atoms with van der Waals surface area (Å²) in [4.78, 5) is 0. The lowest BCUT2D eigenvalue weighted by atomic mass is 10.1. The summed E-state index contributed by atoms with van der Waals surface area (Å²) < 4.78 is 51.3. The van der Waals surface area contributed by atoms with Crippen molar-refractivity contribution in [1.29, 1.82) is 0 Å². The molecule has 26 heavy (non-hydrogen) atoms. The molecule has 1 heterocycles. The van der Waals surface area contributed by atoms with E-state index in [0.29, 0.717) is 5.75 Å². The molecule has 148 valence electrons. The van der Waals surface area contributed by atoms with Gasteiger partial charge in [-0.25, -0.2) is 0 Å². The van der Waals surface area contributed by atoms with E-state index < -0.39 is 16.4 Å². The first-order chi connectivity index (χ1) is 12.1. The minimum atomic E-state index is -3.97. The quantitative estimate of drug-likeness (QED) is 0.249. The number of ether oxygens (including phenoxy) is 3. The zero-order valence-corrected chi connectivity index (χ0v) is 21.7. The van der Waals surface area contributed by atoms with Crippen molar-refractivity contribution in [3.05, 3.63) is 22.3 Å². The molecule has 0 saturated carbocycles. The SMILES string of the molecule is CCC1CC(C)OC(c2c(I)cc(I)c(OCCCS(=O)(=O)O)c2I)O1. The van der Waals surface area contributed by atoms with Gasteiger partial charge in [0.25, 0.3) is 10.1 Å². The predicted molar refractivity (Wildman–Crippen MR) is 124 cm³/mol. The third-order valence-electron chi connectivity index (χ3n) is 3.91. The maximum Gasteiger partial charge on any atom is 0.264 e. The fraction of sp³-hybridized carbons (Fsp3) is 0.625. The van der Waals surface area contributed by atoms with Gasteiger partial charge in [-0.05, 0) is 100 Å². The Morgan fingerprint density at radius 3 is 2.58 bits per heavy atom. The van der Waals surface area contributed by atoms with Crippen LogP contribution in [0.15, 0.2) is 6.07 Å². The van der Waals surface area contributed by atoms with Gasteiger partial charge in [0.15, 0.2) is 6.29 Å². The largest absolute Gasteiger partial charge is 0.491 e. The lowest BCUT2D eigenvalue weighted by Crippen LogP contribution is -2.32. The van der Waals surface area contributed by atoms with Crippen molar-refractivity contribution in [2.45, 2.75) is 51.6 Å². The number of hydrogen-bond donors (Lipinski definition) is 1. The molecule has 2 rings (SSSR count). The summed E-state index contributed by atoms with van der Waals surface area (Å²) in [6, 6.07) is 2.00. The van der Waals surface area contributed by atoms with Crippen LogP contribution in [0.25, 0.3) is 0 Å². The van der Waals surface area contributed by atoms with E-state index in [1.807, 2.05) is 6.07 Å². The number of halogens is 3. The molecule has 1 aliphatic rings. The fourth-order valence-corrected chi connectivity index (χ4v) is 7.32. The van der Waals surface area contributed by atoms with E-state index in [4.69, 9.17) is 18.8 Å². The number of rotatable bonds is 7. The summed E-state index contributed by atoms with van der Waals surface area (Å²) in [5.41, 5.74) is 0.946. The first-order valence-electron chi connectivity index (χ1n) is 8.18. The highest BCUT2D eigenvalue weighted by molar-refractivity contribution is 14.1. The molecule has 0 spiro atoms. The fourth-order valence-electron chi connectivity index (χ4n) is 2.65. The number of benzene rings is 1. The van der Waals surface area contributed by atoms with Gasteiger partial charge in [0, 0.05) is 9.13 Å². The van der Waals surface area contributed by atoms with Gasteiger partial charge in [-0.15, -0.1) is 0 Å². The third-order valence-corrected chi connectivity index (χ3v) is 7.48. The molecule has 1 aliphatic heterocycles. The first-order valence-corrected chi connectivity index (χ1v) is 13.0. The predicted octanol–water partition coefficient (Wildman–Crippen LogP) is 4.76. The van der Waals surface area contributed by atoms with Gasteiger partial charge in [0.2, 0.25) is 0 Å². The van der Waals surface area contributed by atoms with Crippen LogP contribution in [0, 0.1) is 10.7 Å². The smallest absolute Gasteiger partial charge is 0.264 e. The van der Waals surface area contributed by atoms with E-state index in [-0.39, 0.29) is 31.0 Å².